The van der Waals surface area contributed by atoms with Gasteiger partial charge in [-0.3, -0.25) is 0 Å². The average molecular weight is 155 g/mol. The minimum Gasteiger partial charge on any atom is -0.364 e. The molecule has 54 valence electrons. The van der Waals surface area contributed by atoms with Gasteiger partial charge in [0.1, 0.15) is 5.82 Å². The average Bonchev–Trinajstić information content (AvgIpc) is 1.88. The van der Waals surface area contributed by atoms with Gasteiger partial charge in [0.15, 0.2) is 4.77 Å². The van der Waals surface area contributed by atoms with Gasteiger partial charge in [0.25, 0.3) is 0 Å². The van der Waals surface area contributed by atoms with Crippen molar-refractivity contribution in [1.82, 2.24) is 9.97 Å². The summed E-state index contributed by atoms with van der Waals surface area (Å²) in [4.78, 5) is 8.73. The van der Waals surface area contributed by atoms with Gasteiger partial charge in [-0.15, -0.1) is 0 Å². The standard InChI is InChI=1S/C6H9N3S/c1-9(2)5-3-4-7-6(10)8-5/h3-4H,1-2H3,(H,7,8,10). The summed E-state index contributed by atoms with van der Waals surface area (Å²) in [5.41, 5.74) is 0. The molecule has 1 N–H and O–H groups in total. The Morgan fingerprint density at radius 3 is 2.70 bits per heavy atom. The Morgan fingerprint density at radius 2 is 2.30 bits per heavy atom. The summed E-state index contributed by atoms with van der Waals surface area (Å²) in [6.45, 7) is 0. The molecule has 0 unspecified atom stereocenters. The summed E-state index contributed by atoms with van der Waals surface area (Å²) < 4.78 is 0.520. The molecule has 0 atom stereocenters. The van der Waals surface area contributed by atoms with E-state index < -0.39 is 0 Å². The molecule has 0 bridgehead atoms. The van der Waals surface area contributed by atoms with Crippen molar-refractivity contribution in [2.45, 2.75) is 0 Å². The first-order valence-corrected chi connectivity index (χ1v) is 3.33. The number of hydrogen-bond acceptors (Lipinski definition) is 3. The highest BCUT2D eigenvalue weighted by Gasteiger charge is 1.90. The number of nitrogens with zero attached hydrogens (tertiary/aromatic N) is 2. The molecule has 0 saturated heterocycles. The number of H-pyrrole nitrogens is 1. The molecule has 0 aliphatic carbocycles. The SMILES string of the molecule is CN(C)c1ccnc(=S)[nH]1. The molecule has 0 spiro atoms. The number of rotatable bonds is 1. The molecule has 1 aromatic heterocycles. The molecular weight excluding hydrogens is 146 g/mol. The maximum atomic E-state index is 4.83. The van der Waals surface area contributed by atoms with Crippen molar-refractivity contribution in [2.75, 3.05) is 19.0 Å². The molecule has 0 fully saturated rings. The lowest BCUT2D eigenvalue weighted by Gasteiger charge is -2.10. The molecule has 0 aromatic carbocycles. The second kappa shape index (κ2) is 2.79. The minimum atomic E-state index is 0.520. The van der Waals surface area contributed by atoms with Crippen LogP contribution in [0.2, 0.25) is 0 Å². The molecule has 0 amide bonds. The van der Waals surface area contributed by atoms with E-state index in [2.05, 4.69) is 9.97 Å². The highest BCUT2D eigenvalue weighted by molar-refractivity contribution is 7.71. The Labute approximate surface area is 64.7 Å². The normalized spacial score (nSPS) is 9.40. The van der Waals surface area contributed by atoms with E-state index >= 15 is 0 Å². The third kappa shape index (κ3) is 1.54. The van der Waals surface area contributed by atoms with Crippen LogP contribution in [0.15, 0.2) is 12.3 Å². The van der Waals surface area contributed by atoms with Gasteiger partial charge in [-0.1, -0.05) is 0 Å². The highest BCUT2D eigenvalue weighted by atomic mass is 32.1. The van der Waals surface area contributed by atoms with Crippen LogP contribution in [0, 0.1) is 4.77 Å². The molecule has 0 saturated carbocycles. The number of aromatic amines is 1. The molecule has 10 heavy (non-hydrogen) atoms. The van der Waals surface area contributed by atoms with Crippen molar-refractivity contribution in [1.29, 1.82) is 0 Å². The summed E-state index contributed by atoms with van der Waals surface area (Å²) in [5, 5.41) is 0. The lowest BCUT2D eigenvalue weighted by atomic mass is 10.5. The fourth-order valence-electron chi connectivity index (χ4n) is 0.620. The van der Waals surface area contributed by atoms with Crippen molar-refractivity contribution >= 4 is 18.0 Å². The van der Waals surface area contributed by atoms with E-state index in [0.717, 1.165) is 5.82 Å². The van der Waals surface area contributed by atoms with E-state index in [1.165, 1.54) is 0 Å². The third-order valence-electron chi connectivity index (χ3n) is 1.14. The quantitative estimate of drug-likeness (QED) is 0.618. The Hall–Kier alpha value is -0.900. The van der Waals surface area contributed by atoms with E-state index in [9.17, 15) is 0 Å². The second-order valence-corrected chi connectivity index (χ2v) is 2.54. The number of nitrogens with one attached hydrogen (secondary N) is 1. The Bertz CT molecular complexity index is 266. The molecule has 1 rings (SSSR count). The maximum absolute atomic E-state index is 4.83. The predicted octanol–water partition coefficient (Wildman–Crippen LogP) is 1.21. The third-order valence-corrected chi connectivity index (χ3v) is 1.35. The molecular formula is C6H9N3S. The van der Waals surface area contributed by atoms with E-state index in [-0.39, 0.29) is 0 Å². The summed E-state index contributed by atoms with van der Waals surface area (Å²) >= 11 is 4.83. The first kappa shape index (κ1) is 7.21. The number of hydrogen-bond donors (Lipinski definition) is 1. The van der Waals surface area contributed by atoms with Crippen molar-refractivity contribution in [3.05, 3.63) is 17.0 Å². The number of aromatic nitrogens is 2. The van der Waals surface area contributed by atoms with E-state index in [4.69, 9.17) is 12.2 Å². The largest absolute Gasteiger partial charge is 0.364 e. The van der Waals surface area contributed by atoms with E-state index in [0.29, 0.717) is 4.77 Å². The van der Waals surface area contributed by atoms with Crippen LogP contribution in [0.4, 0.5) is 5.82 Å². The van der Waals surface area contributed by atoms with Crippen LogP contribution in [-0.4, -0.2) is 24.1 Å². The van der Waals surface area contributed by atoms with Gasteiger partial charge in [0.05, 0.1) is 0 Å². The zero-order valence-electron chi connectivity index (χ0n) is 5.96. The van der Waals surface area contributed by atoms with Crippen molar-refractivity contribution in [3.63, 3.8) is 0 Å². The summed E-state index contributed by atoms with van der Waals surface area (Å²) in [7, 11) is 3.89. The monoisotopic (exact) mass is 155 g/mol. The van der Waals surface area contributed by atoms with Gasteiger partial charge >= 0.3 is 0 Å². The van der Waals surface area contributed by atoms with Crippen LogP contribution in [-0.2, 0) is 0 Å². The van der Waals surface area contributed by atoms with Gasteiger partial charge in [-0.2, -0.15) is 0 Å². The molecule has 0 radical (unpaired) electrons. The van der Waals surface area contributed by atoms with Crippen LogP contribution in [0.1, 0.15) is 0 Å². The Morgan fingerprint density at radius 1 is 1.60 bits per heavy atom. The Balaban J connectivity index is 3.07. The van der Waals surface area contributed by atoms with Gasteiger partial charge in [-0.25, -0.2) is 4.98 Å². The van der Waals surface area contributed by atoms with Crippen molar-refractivity contribution in [3.8, 4) is 0 Å². The fraction of sp³-hybridized carbons (Fsp3) is 0.333. The molecule has 0 aliphatic heterocycles. The number of anilines is 1. The first-order chi connectivity index (χ1) is 4.70. The van der Waals surface area contributed by atoms with Crippen molar-refractivity contribution < 1.29 is 0 Å². The van der Waals surface area contributed by atoms with Gasteiger partial charge in [-0.05, 0) is 18.3 Å². The molecule has 4 heteroatoms. The summed E-state index contributed by atoms with van der Waals surface area (Å²) in [5.74, 6) is 0.972. The van der Waals surface area contributed by atoms with Crippen LogP contribution < -0.4 is 4.90 Å². The Kier molecular flexibility index (Phi) is 2.01. The van der Waals surface area contributed by atoms with Gasteiger partial charge in [0, 0.05) is 20.3 Å². The molecule has 3 nitrogen and oxygen atoms in total. The van der Waals surface area contributed by atoms with Crippen LogP contribution in [0.5, 0.6) is 0 Å². The lowest BCUT2D eigenvalue weighted by molar-refractivity contribution is 1.02. The summed E-state index contributed by atoms with van der Waals surface area (Å²) in [6, 6.07) is 1.87. The fourth-order valence-corrected chi connectivity index (χ4v) is 0.785. The topological polar surface area (TPSA) is 31.9 Å². The van der Waals surface area contributed by atoms with E-state index in [1.807, 2.05) is 25.1 Å². The van der Waals surface area contributed by atoms with Crippen molar-refractivity contribution in [2.24, 2.45) is 0 Å². The van der Waals surface area contributed by atoms with E-state index in [1.54, 1.807) is 6.20 Å². The molecule has 0 aliphatic rings. The van der Waals surface area contributed by atoms with Gasteiger partial charge < -0.3 is 9.88 Å². The predicted molar refractivity (Wildman–Crippen MR) is 43.7 cm³/mol. The highest BCUT2D eigenvalue weighted by Crippen LogP contribution is 2.01. The minimum absolute atomic E-state index is 0.520. The van der Waals surface area contributed by atoms with Crippen LogP contribution in [0.25, 0.3) is 0 Å². The smallest absolute Gasteiger partial charge is 0.198 e. The lowest BCUT2D eigenvalue weighted by Crippen LogP contribution is -2.10. The zero-order chi connectivity index (χ0) is 7.56. The molecule has 1 aromatic rings. The second-order valence-electron chi connectivity index (χ2n) is 2.15. The summed E-state index contributed by atoms with van der Waals surface area (Å²) in [6.07, 6.45) is 1.69. The maximum Gasteiger partial charge on any atom is 0.198 e. The van der Waals surface area contributed by atoms with Crippen LogP contribution in [0.3, 0.4) is 0 Å². The molecule has 1 heterocycles. The van der Waals surface area contributed by atoms with Crippen LogP contribution >= 0.6 is 12.2 Å². The van der Waals surface area contributed by atoms with Gasteiger partial charge in [0.2, 0.25) is 0 Å². The zero-order valence-corrected chi connectivity index (χ0v) is 6.77. The first-order valence-electron chi connectivity index (χ1n) is 2.93.